The smallest absolute Gasteiger partial charge is 0.345 e. The number of hydrogen-bond acceptors (Lipinski definition) is 5. The molecular weight excluding hydrogens is 241 g/mol. The van der Waals surface area contributed by atoms with E-state index < -0.39 is 11.2 Å². The second-order valence-corrected chi connectivity index (χ2v) is 4.69. The summed E-state index contributed by atoms with van der Waals surface area (Å²) >= 11 is 0.572. The van der Waals surface area contributed by atoms with Crippen LogP contribution in [-0.4, -0.2) is 29.3 Å². The molecule has 2 N–H and O–H groups in total. The summed E-state index contributed by atoms with van der Waals surface area (Å²) in [6.07, 6.45) is -2.63. The first-order chi connectivity index (χ1) is 7.47. The Kier molecular flexibility index (Phi) is 3.02. The number of aromatic nitrogens is 2. The van der Waals surface area contributed by atoms with Crippen LogP contribution in [0.5, 0.6) is 0 Å². The van der Waals surface area contributed by atoms with Crippen LogP contribution in [0.1, 0.15) is 17.8 Å². The number of piperidine rings is 1. The predicted octanol–water partition coefficient (Wildman–Crippen LogP) is 1.48. The first kappa shape index (κ1) is 11.6. The highest BCUT2D eigenvalue weighted by Crippen LogP contribution is 2.34. The quantitative estimate of drug-likeness (QED) is 0.822. The van der Waals surface area contributed by atoms with Gasteiger partial charge in [0.1, 0.15) is 0 Å². The molecule has 0 aromatic carbocycles. The molecule has 4 nitrogen and oxygen atoms in total. The Morgan fingerprint density at radius 1 is 1.38 bits per heavy atom. The number of rotatable bonds is 1. The lowest BCUT2D eigenvalue weighted by atomic mass is 10.1. The van der Waals surface area contributed by atoms with E-state index in [1.165, 1.54) is 0 Å². The molecule has 0 bridgehead atoms. The molecule has 0 aliphatic carbocycles. The Morgan fingerprint density at radius 2 is 2.12 bits per heavy atom. The maximum absolute atomic E-state index is 12.3. The van der Waals surface area contributed by atoms with Gasteiger partial charge in [0, 0.05) is 19.1 Å². The van der Waals surface area contributed by atoms with E-state index >= 15 is 0 Å². The molecule has 1 atom stereocenters. The van der Waals surface area contributed by atoms with Gasteiger partial charge in [0.25, 0.3) is 0 Å². The minimum Gasteiger partial charge on any atom is -0.345 e. The highest BCUT2D eigenvalue weighted by atomic mass is 32.1. The summed E-state index contributed by atoms with van der Waals surface area (Å²) < 4.78 is 36.9. The Labute approximate surface area is 94.3 Å². The molecule has 1 fully saturated rings. The van der Waals surface area contributed by atoms with Gasteiger partial charge in [-0.2, -0.15) is 13.2 Å². The third kappa shape index (κ3) is 2.43. The van der Waals surface area contributed by atoms with Gasteiger partial charge in [-0.1, -0.05) is 11.3 Å². The van der Waals surface area contributed by atoms with Crippen molar-refractivity contribution < 1.29 is 13.2 Å². The SMILES string of the molecule is N[C@@H]1CCCN(c2nnc(C(F)(F)F)s2)C1. The summed E-state index contributed by atoms with van der Waals surface area (Å²) in [6, 6.07) is 0.00647. The van der Waals surface area contributed by atoms with Gasteiger partial charge in [0.2, 0.25) is 10.1 Å². The van der Waals surface area contributed by atoms with Gasteiger partial charge in [-0.05, 0) is 12.8 Å². The summed E-state index contributed by atoms with van der Waals surface area (Å²) in [5.74, 6) is 0. The van der Waals surface area contributed by atoms with Crippen molar-refractivity contribution in [1.29, 1.82) is 0 Å². The molecule has 2 rings (SSSR count). The van der Waals surface area contributed by atoms with Gasteiger partial charge >= 0.3 is 6.18 Å². The van der Waals surface area contributed by atoms with E-state index in [0.717, 1.165) is 12.8 Å². The average Bonchev–Trinajstić information content (AvgIpc) is 2.65. The zero-order valence-electron chi connectivity index (χ0n) is 8.37. The number of halogens is 3. The van der Waals surface area contributed by atoms with Crippen LogP contribution >= 0.6 is 11.3 Å². The van der Waals surface area contributed by atoms with Crippen molar-refractivity contribution in [2.75, 3.05) is 18.0 Å². The Balaban J connectivity index is 2.12. The molecular formula is C8H11F3N4S. The van der Waals surface area contributed by atoms with E-state index in [4.69, 9.17) is 5.73 Å². The first-order valence-corrected chi connectivity index (χ1v) is 5.69. The van der Waals surface area contributed by atoms with Crippen LogP contribution in [0.15, 0.2) is 0 Å². The minimum atomic E-state index is -4.41. The van der Waals surface area contributed by atoms with E-state index in [1.54, 1.807) is 4.90 Å². The van der Waals surface area contributed by atoms with Crippen LogP contribution in [-0.2, 0) is 6.18 Å². The van der Waals surface area contributed by atoms with Gasteiger partial charge in [-0.25, -0.2) is 0 Å². The third-order valence-corrected chi connectivity index (χ3v) is 3.41. The van der Waals surface area contributed by atoms with Crippen molar-refractivity contribution in [2.45, 2.75) is 25.1 Å². The zero-order chi connectivity index (χ0) is 11.8. The Morgan fingerprint density at radius 3 is 2.69 bits per heavy atom. The fourth-order valence-corrected chi connectivity index (χ4v) is 2.39. The largest absolute Gasteiger partial charge is 0.445 e. The summed E-state index contributed by atoms with van der Waals surface area (Å²) in [5.41, 5.74) is 5.75. The molecule has 2 heterocycles. The van der Waals surface area contributed by atoms with Crippen molar-refractivity contribution in [1.82, 2.24) is 10.2 Å². The van der Waals surface area contributed by atoms with Crippen molar-refractivity contribution in [3.8, 4) is 0 Å². The van der Waals surface area contributed by atoms with Crippen LogP contribution < -0.4 is 10.6 Å². The summed E-state index contributed by atoms with van der Waals surface area (Å²) in [5, 5.41) is 6.11. The molecule has 1 aliphatic heterocycles. The van der Waals surface area contributed by atoms with Crippen molar-refractivity contribution in [3.05, 3.63) is 5.01 Å². The van der Waals surface area contributed by atoms with E-state index in [-0.39, 0.29) is 6.04 Å². The highest BCUT2D eigenvalue weighted by molar-refractivity contribution is 7.15. The second-order valence-electron chi connectivity index (χ2n) is 3.74. The fourth-order valence-electron chi connectivity index (χ4n) is 1.64. The van der Waals surface area contributed by atoms with Gasteiger partial charge < -0.3 is 10.6 Å². The van der Waals surface area contributed by atoms with Gasteiger partial charge in [-0.15, -0.1) is 10.2 Å². The molecule has 0 spiro atoms. The molecule has 0 saturated carbocycles. The van der Waals surface area contributed by atoms with Crippen LogP contribution in [0.25, 0.3) is 0 Å². The molecule has 1 saturated heterocycles. The molecule has 1 aromatic heterocycles. The molecule has 0 unspecified atom stereocenters. The highest BCUT2D eigenvalue weighted by Gasteiger charge is 2.36. The molecule has 0 radical (unpaired) electrons. The van der Waals surface area contributed by atoms with Gasteiger partial charge in [0.15, 0.2) is 0 Å². The molecule has 1 aliphatic rings. The average molecular weight is 252 g/mol. The van der Waals surface area contributed by atoms with Crippen LogP contribution in [0, 0.1) is 0 Å². The molecule has 90 valence electrons. The fraction of sp³-hybridized carbons (Fsp3) is 0.750. The number of nitrogens with zero attached hydrogens (tertiary/aromatic N) is 3. The zero-order valence-corrected chi connectivity index (χ0v) is 9.18. The Hall–Kier alpha value is -0.890. The van der Waals surface area contributed by atoms with E-state index in [1.807, 2.05) is 0 Å². The second kappa shape index (κ2) is 4.17. The number of alkyl halides is 3. The summed E-state index contributed by atoms with van der Waals surface area (Å²) in [6.45, 7) is 1.24. The Bertz CT molecular complexity index is 364. The molecule has 8 heteroatoms. The van der Waals surface area contributed by atoms with E-state index in [0.29, 0.717) is 29.6 Å². The number of anilines is 1. The lowest BCUT2D eigenvalue weighted by Gasteiger charge is -2.29. The molecule has 16 heavy (non-hydrogen) atoms. The minimum absolute atomic E-state index is 0.00647. The van der Waals surface area contributed by atoms with Crippen LogP contribution in [0.4, 0.5) is 18.3 Å². The lowest BCUT2D eigenvalue weighted by Crippen LogP contribution is -2.42. The van der Waals surface area contributed by atoms with Crippen LogP contribution in [0.3, 0.4) is 0 Å². The number of hydrogen-bond donors (Lipinski definition) is 1. The van der Waals surface area contributed by atoms with E-state index in [2.05, 4.69) is 10.2 Å². The maximum Gasteiger partial charge on any atom is 0.445 e. The number of nitrogens with two attached hydrogens (primary N) is 1. The first-order valence-electron chi connectivity index (χ1n) is 4.88. The third-order valence-electron chi connectivity index (χ3n) is 2.39. The molecule has 1 aromatic rings. The molecule has 0 amide bonds. The van der Waals surface area contributed by atoms with Crippen LogP contribution in [0.2, 0.25) is 0 Å². The normalized spacial score (nSPS) is 22.5. The topological polar surface area (TPSA) is 55.0 Å². The van der Waals surface area contributed by atoms with E-state index in [9.17, 15) is 13.2 Å². The summed E-state index contributed by atoms with van der Waals surface area (Å²) in [7, 11) is 0. The van der Waals surface area contributed by atoms with Crippen molar-refractivity contribution >= 4 is 16.5 Å². The van der Waals surface area contributed by atoms with Gasteiger partial charge in [0.05, 0.1) is 0 Å². The maximum atomic E-state index is 12.3. The monoisotopic (exact) mass is 252 g/mol. The van der Waals surface area contributed by atoms with Gasteiger partial charge in [-0.3, -0.25) is 0 Å². The van der Waals surface area contributed by atoms with Crippen molar-refractivity contribution in [2.24, 2.45) is 5.73 Å². The standard InChI is InChI=1S/C8H11F3N4S/c9-8(10,11)6-13-14-7(16-6)15-3-1-2-5(12)4-15/h5H,1-4,12H2/t5-/m1/s1. The van der Waals surface area contributed by atoms with Crippen molar-refractivity contribution in [3.63, 3.8) is 0 Å². The predicted molar refractivity (Wildman–Crippen MR) is 54.3 cm³/mol. The summed E-state index contributed by atoms with van der Waals surface area (Å²) in [4.78, 5) is 1.76. The lowest BCUT2D eigenvalue weighted by molar-refractivity contribution is -0.138.